The highest BCUT2D eigenvalue weighted by atomic mass is 32.1. The van der Waals surface area contributed by atoms with Crippen LogP contribution in [-0.2, 0) is 0 Å². The minimum atomic E-state index is 0.230. The van der Waals surface area contributed by atoms with Crippen LogP contribution in [0, 0.1) is 13.8 Å². The van der Waals surface area contributed by atoms with Crippen molar-refractivity contribution in [2.24, 2.45) is 0 Å². The van der Waals surface area contributed by atoms with Crippen LogP contribution < -0.4 is 0 Å². The van der Waals surface area contributed by atoms with Gasteiger partial charge in [-0.3, -0.25) is 9.69 Å². The maximum Gasteiger partial charge on any atom is 0.177 e. The number of likely N-dealkylation sites (N-methyl/N-ethyl adjacent to an activating group) is 2. The number of rotatable bonds is 6. The van der Waals surface area contributed by atoms with Gasteiger partial charge in [0.1, 0.15) is 0 Å². The fourth-order valence-electron chi connectivity index (χ4n) is 1.69. The molecular formula is C13H22N2OS. The van der Waals surface area contributed by atoms with E-state index in [4.69, 9.17) is 0 Å². The van der Waals surface area contributed by atoms with E-state index >= 15 is 0 Å². The Morgan fingerprint density at radius 1 is 1.24 bits per heavy atom. The van der Waals surface area contributed by atoms with Crippen molar-refractivity contribution < 1.29 is 4.79 Å². The quantitative estimate of drug-likeness (QED) is 0.726. The molecule has 0 aromatic carbocycles. The zero-order valence-corrected chi connectivity index (χ0v) is 12.2. The van der Waals surface area contributed by atoms with Crippen molar-refractivity contribution in [3.8, 4) is 0 Å². The fraction of sp³-hybridized carbons (Fsp3) is 0.615. The van der Waals surface area contributed by atoms with Crippen LogP contribution in [-0.4, -0.2) is 56.4 Å². The van der Waals surface area contributed by atoms with Crippen LogP contribution in [0.1, 0.15) is 20.1 Å². The van der Waals surface area contributed by atoms with Crippen molar-refractivity contribution in [3.05, 3.63) is 21.4 Å². The topological polar surface area (TPSA) is 23.6 Å². The molecule has 0 fully saturated rings. The first-order valence-corrected chi connectivity index (χ1v) is 6.65. The average molecular weight is 254 g/mol. The molecule has 0 atom stereocenters. The lowest BCUT2D eigenvalue weighted by atomic mass is 10.1. The molecule has 1 aromatic rings. The van der Waals surface area contributed by atoms with Crippen LogP contribution in [0.4, 0.5) is 0 Å². The highest BCUT2D eigenvalue weighted by Crippen LogP contribution is 2.21. The zero-order chi connectivity index (χ0) is 13.0. The number of nitrogens with zero attached hydrogens (tertiary/aromatic N) is 2. The summed E-state index contributed by atoms with van der Waals surface area (Å²) in [4.78, 5) is 18.6. The molecule has 96 valence electrons. The first-order chi connectivity index (χ1) is 7.90. The van der Waals surface area contributed by atoms with E-state index in [0.717, 1.165) is 23.5 Å². The molecule has 0 amide bonds. The highest BCUT2D eigenvalue weighted by molar-refractivity contribution is 7.12. The molecule has 0 saturated carbocycles. The molecule has 1 rings (SSSR count). The average Bonchev–Trinajstić information content (AvgIpc) is 2.55. The molecule has 0 spiro atoms. The number of thiophene rings is 1. The van der Waals surface area contributed by atoms with Crippen molar-refractivity contribution in [1.82, 2.24) is 9.80 Å². The zero-order valence-electron chi connectivity index (χ0n) is 11.4. The Kier molecular flexibility index (Phi) is 5.31. The number of carbonyl (C=O) groups excluding carboxylic acids is 1. The summed E-state index contributed by atoms with van der Waals surface area (Å²) in [6.07, 6.45) is 0. The number of hydrogen-bond donors (Lipinski definition) is 0. The summed E-state index contributed by atoms with van der Waals surface area (Å²) in [6, 6.07) is 2.00. The summed E-state index contributed by atoms with van der Waals surface area (Å²) in [5, 5.41) is 0. The van der Waals surface area contributed by atoms with E-state index < -0.39 is 0 Å². The van der Waals surface area contributed by atoms with Gasteiger partial charge in [0.05, 0.1) is 6.54 Å². The number of carbonyl (C=O) groups is 1. The van der Waals surface area contributed by atoms with Gasteiger partial charge in [-0.1, -0.05) is 0 Å². The molecule has 4 heteroatoms. The van der Waals surface area contributed by atoms with Crippen LogP contribution in [0.25, 0.3) is 0 Å². The molecule has 0 aliphatic rings. The Morgan fingerprint density at radius 2 is 1.88 bits per heavy atom. The molecule has 0 bridgehead atoms. The van der Waals surface area contributed by atoms with Gasteiger partial charge in [-0.05, 0) is 41.1 Å². The van der Waals surface area contributed by atoms with Gasteiger partial charge in [0.25, 0.3) is 0 Å². The van der Waals surface area contributed by atoms with Gasteiger partial charge >= 0.3 is 0 Å². The summed E-state index contributed by atoms with van der Waals surface area (Å²) >= 11 is 1.70. The minimum Gasteiger partial charge on any atom is -0.308 e. The lowest BCUT2D eigenvalue weighted by Gasteiger charge is -2.18. The fourth-order valence-corrected chi connectivity index (χ4v) is 2.63. The maximum atomic E-state index is 12.1. The van der Waals surface area contributed by atoms with E-state index in [9.17, 15) is 4.79 Å². The lowest BCUT2D eigenvalue weighted by molar-refractivity contribution is 0.0942. The van der Waals surface area contributed by atoms with E-state index in [2.05, 4.69) is 9.80 Å². The second-order valence-corrected chi connectivity index (χ2v) is 6.25. The van der Waals surface area contributed by atoms with Gasteiger partial charge in [0, 0.05) is 28.4 Å². The number of ketones is 1. The SMILES string of the molecule is Cc1cc(C(=O)CN(C)CCN(C)C)c(C)s1. The third kappa shape index (κ3) is 4.58. The molecule has 0 aliphatic heterocycles. The van der Waals surface area contributed by atoms with Gasteiger partial charge in [-0.15, -0.1) is 11.3 Å². The largest absolute Gasteiger partial charge is 0.308 e. The summed E-state index contributed by atoms with van der Waals surface area (Å²) in [5.41, 5.74) is 0.893. The molecule has 0 radical (unpaired) electrons. The number of hydrogen-bond acceptors (Lipinski definition) is 4. The molecule has 1 heterocycles. The maximum absolute atomic E-state index is 12.1. The smallest absolute Gasteiger partial charge is 0.177 e. The minimum absolute atomic E-state index is 0.230. The van der Waals surface area contributed by atoms with Crippen LogP contribution in [0.5, 0.6) is 0 Å². The summed E-state index contributed by atoms with van der Waals surface area (Å²) in [7, 11) is 6.08. The number of Topliss-reactive ketones (excluding diaryl/α,β-unsaturated/α-hetero) is 1. The van der Waals surface area contributed by atoms with Crippen molar-refractivity contribution in [2.45, 2.75) is 13.8 Å². The molecule has 0 saturated heterocycles. The van der Waals surface area contributed by atoms with Crippen molar-refractivity contribution >= 4 is 17.1 Å². The van der Waals surface area contributed by atoms with Gasteiger partial charge in [-0.2, -0.15) is 0 Å². The molecular weight excluding hydrogens is 232 g/mol. The predicted molar refractivity (Wildman–Crippen MR) is 74.2 cm³/mol. The van der Waals surface area contributed by atoms with Crippen LogP contribution in [0.3, 0.4) is 0 Å². The third-order valence-electron chi connectivity index (χ3n) is 2.68. The molecule has 0 aliphatic carbocycles. The Morgan fingerprint density at radius 3 is 2.35 bits per heavy atom. The molecule has 3 nitrogen and oxygen atoms in total. The van der Waals surface area contributed by atoms with Crippen molar-refractivity contribution in [1.29, 1.82) is 0 Å². The Balaban J connectivity index is 2.51. The monoisotopic (exact) mass is 254 g/mol. The van der Waals surface area contributed by atoms with Crippen molar-refractivity contribution in [2.75, 3.05) is 40.8 Å². The summed E-state index contributed by atoms with van der Waals surface area (Å²) < 4.78 is 0. The molecule has 17 heavy (non-hydrogen) atoms. The van der Waals surface area contributed by atoms with Gasteiger partial charge in [0.2, 0.25) is 0 Å². The van der Waals surface area contributed by atoms with E-state index in [1.807, 2.05) is 41.1 Å². The molecule has 0 unspecified atom stereocenters. The van der Waals surface area contributed by atoms with Crippen LogP contribution >= 0.6 is 11.3 Å². The van der Waals surface area contributed by atoms with Gasteiger partial charge in [0.15, 0.2) is 5.78 Å². The summed E-state index contributed by atoms with van der Waals surface area (Å²) in [6.45, 7) is 6.46. The van der Waals surface area contributed by atoms with E-state index in [1.54, 1.807) is 11.3 Å². The Labute approximate surface area is 108 Å². The number of aryl methyl sites for hydroxylation is 2. The van der Waals surface area contributed by atoms with Gasteiger partial charge < -0.3 is 4.90 Å². The third-order valence-corrected chi connectivity index (χ3v) is 3.65. The molecule has 0 N–H and O–H groups in total. The Hall–Kier alpha value is -0.710. The van der Waals surface area contributed by atoms with E-state index in [1.165, 1.54) is 4.88 Å². The van der Waals surface area contributed by atoms with E-state index in [-0.39, 0.29) is 5.78 Å². The predicted octanol–water partition coefficient (Wildman–Crippen LogP) is 2.04. The first kappa shape index (κ1) is 14.4. The normalized spacial score (nSPS) is 11.5. The Bertz CT molecular complexity index is 385. The standard InChI is InChI=1S/C13H22N2OS/c1-10-8-12(11(2)17-10)13(16)9-15(5)7-6-14(3)4/h8H,6-7,9H2,1-5H3. The van der Waals surface area contributed by atoms with Gasteiger partial charge in [-0.25, -0.2) is 0 Å². The van der Waals surface area contributed by atoms with Crippen molar-refractivity contribution in [3.63, 3.8) is 0 Å². The second kappa shape index (κ2) is 6.28. The lowest BCUT2D eigenvalue weighted by Crippen LogP contribution is -2.32. The second-order valence-electron chi connectivity index (χ2n) is 4.79. The van der Waals surface area contributed by atoms with E-state index in [0.29, 0.717) is 6.54 Å². The van der Waals surface area contributed by atoms with Crippen LogP contribution in [0.2, 0.25) is 0 Å². The summed E-state index contributed by atoms with van der Waals surface area (Å²) in [5.74, 6) is 0.230. The highest BCUT2D eigenvalue weighted by Gasteiger charge is 2.13. The molecule has 1 aromatic heterocycles. The van der Waals surface area contributed by atoms with Crippen LogP contribution in [0.15, 0.2) is 6.07 Å². The first-order valence-electron chi connectivity index (χ1n) is 5.83.